The highest BCUT2D eigenvalue weighted by atomic mass is 16.3. The van der Waals surface area contributed by atoms with Crippen LogP contribution in [0.25, 0.3) is 0 Å². The molecular weight excluding hydrogens is 102 g/mol. The fraction of sp³-hybridized carbons (Fsp3) is 0.667. The van der Waals surface area contributed by atoms with Crippen molar-refractivity contribution in [1.29, 1.82) is 0 Å². The molecule has 1 aliphatic heterocycles. The quantitative estimate of drug-likeness (QED) is 0.401. The minimum Gasteiger partial charge on any atom is -0.390 e. The van der Waals surface area contributed by atoms with E-state index in [0.717, 1.165) is 6.54 Å². The number of aliphatic hydroxyl groups excluding tert-OH is 1. The molecule has 0 radical (unpaired) electrons. The minimum absolute atomic E-state index is 0.0370. The number of terminal acetylenes is 1. The van der Waals surface area contributed by atoms with E-state index in [1.165, 1.54) is 0 Å². The van der Waals surface area contributed by atoms with Gasteiger partial charge in [-0.2, -0.15) is 0 Å². The van der Waals surface area contributed by atoms with Crippen LogP contribution in [0.1, 0.15) is 0 Å². The number of hydrogen-bond acceptors (Lipinski definition) is 2. The highest BCUT2D eigenvalue weighted by molar-refractivity contribution is 5.01. The molecule has 44 valence electrons. The molecule has 1 heterocycles. The maximum Gasteiger partial charge on any atom is 0.0814 e. The zero-order valence-corrected chi connectivity index (χ0v) is 4.59. The van der Waals surface area contributed by atoms with Gasteiger partial charge in [0.1, 0.15) is 0 Å². The van der Waals surface area contributed by atoms with Crippen LogP contribution in [0, 0.1) is 18.3 Å². The Hall–Kier alpha value is -0.520. The van der Waals surface area contributed by atoms with E-state index in [9.17, 15) is 0 Å². The van der Waals surface area contributed by atoms with Gasteiger partial charge in [-0.1, -0.05) is 5.92 Å². The molecule has 1 saturated heterocycles. The van der Waals surface area contributed by atoms with Gasteiger partial charge in [0.25, 0.3) is 0 Å². The zero-order valence-electron chi connectivity index (χ0n) is 4.59. The maximum absolute atomic E-state index is 8.98. The molecular formula is C6H9NO. The average molecular weight is 111 g/mol. The van der Waals surface area contributed by atoms with E-state index in [1.807, 2.05) is 0 Å². The largest absolute Gasteiger partial charge is 0.390 e. The van der Waals surface area contributed by atoms with Crippen LogP contribution in [0.3, 0.4) is 0 Å². The van der Waals surface area contributed by atoms with E-state index in [1.54, 1.807) is 0 Å². The summed E-state index contributed by atoms with van der Waals surface area (Å²) in [4.78, 5) is 0. The van der Waals surface area contributed by atoms with Crippen LogP contribution in [0.2, 0.25) is 0 Å². The number of β-amino-alcohol motifs (C(OH)–C–C–N with tert-alkyl or cyclic N) is 1. The Morgan fingerprint density at radius 1 is 1.62 bits per heavy atom. The molecule has 1 aliphatic rings. The number of rotatable bonds is 0. The summed E-state index contributed by atoms with van der Waals surface area (Å²) in [5.41, 5.74) is 0. The molecule has 2 atom stereocenters. The fourth-order valence-electron chi connectivity index (χ4n) is 0.835. The van der Waals surface area contributed by atoms with Crippen molar-refractivity contribution in [2.45, 2.75) is 6.10 Å². The Morgan fingerprint density at radius 3 is 2.62 bits per heavy atom. The lowest BCUT2D eigenvalue weighted by atomic mass is 10.1. The van der Waals surface area contributed by atoms with Gasteiger partial charge in [0.05, 0.1) is 12.0 Å². The summed E-state index contributed by atoms with van der Waals surface area (Å²) in [5.74, 6) is 2.54. The first kappa shape index (κ1) is 5.61. The molecule has 2 nitrogen and oxygen atoms in total. The van der Waals surface area contributed by atoms with Gasteiger partial charge in [0, 0.05) is 13.1 Å². The molecule has 0 aromatic carbocycles. The van der Waals surface area contributed by atoms with Gasteiger partial charge >= 0.3 is 0 Å². The summed E-state index contributed by atoms with van der Waals surface area (Å²) in [6.45, 7) is 1.41. The third-order valence-corrected chi connectivity index (χ3v) is 1.40. The Balaban J connectivity index is 2.45. The lowest BCUT2D eigenvalue weighted by Crippen LogP contribution is -2.15. The van der Waals surface area contributed by atoms with Gasteiger partial charge in [0.2, 0.25) is 0 Å². The van der Waals surface area contributed by atoms with Crippen molar-refractivity contribution < 1.29 is 5.11 Å². The third-order valence-electron chi connectivity index (χ3n) is 1.40. The Labute approximate surface area is 48.9 Å². The molecule has 1 unspecified atom stereocenters. The van der Waals surface area contributed by atoms with Crippen LogP contribution in [-0.2, 0) is 0 Å². The second-order valence-electron chi connectivity index (χ2n) is 2.00. The molecule has 1 fully saturated rings. The first-order valence-electron chi connectivity index (χ1n) is 2.69. The predicted octanol–water partition coefficient (Wildman–Crippen LogP) is -0.800. The van der Waals surface area contributed by atoms with E-state index in [2.05, 4.69) is 11.2 Å². The van der Waals surface area contributed by atoms with Crippen LogP contribution < -0.4 is 5.32 Å². The van der Waals surface area contributed by atoms with Crippen molar-refractivity contribution in [3.05, 3.63) is 0 Å². The molecule has 2 heteroatoms. The fourth-order valence-corrected chi connectivity index (χ4v) is 0.835. The molecule has 0 amide bonds. The second-order valence-corrected chi connectivity index (χ2v) is 2.00. The molecule has 8 heavy (non-hydrogen) atoms. The highest BCUT2D eigenvalue weighted by Crippen LogP contribution is 2.05. The first-order chi connectivity index (χ1) is 3.84. The number of aliphatic hydroxyl groups is 1. The monoisotopic (exact) mass is 111 g/mol. The third kappa shape index (κ3) is 0.835. The standard InChI is InChI=1S/C6H9NO/c1-2-5-3-7-4-6(5)8/h1,5-8H,3-4H2/t5?,6-/m0/s1. The highest BCUT2D eigenvalue weighted by Gasteiger charge is 2.21. The lowest BCUT2D eigenvalue weighted by molar-refractivity contribution is 0.171. The molecule has 0 aliphatic carbocycles. The summed E-state index contributed by atoms with van der Waals surface area (Å²) >= 11 is 0. The van der Waals surface area contributed by atoms with E-state index in [0.29, 0.717) is 6.54 Å². The lowest BCUT2D eigenvalue weighted by Gasteiger charge is -2.02. The second kappa shape index (κ2) is 2.17. The number of hydrogen-bond donors (Lipinski definition) is 2. The summed E-state index contributed by atoms with van der Waals surface area (Å²) < 4.78 is 0. The van der Waals surface area contributed by atoms with Gasteiger partial charge in [-0.3, -0.25) is 0 Å². The van der Waals surface area contributed by atoms with Crippen molar-refractivity contribution in [2.24, 2.45) is 5.92 Å². The normalized spacial score (nSPS) is 37.0. The molecule has 1 rings (SSSR count). The topological polar surface area (TPSA) is 32.3 Å². The van der Waals surface area contributed by atoms with Crippen molar-refractivity contribution >= 4 is 0 Å². The Bertz CT molecular complexity index is 116. The average Bonchev–Trinajstić information content (AvgIpc) is 2.14. The van der Waals surface area contributed by atoms with E-state index < -0.39 is 0 Å². The van der Waals surface area contributed by atoms with Crippen LogP contribution in [-0.4, -0.2) is 24.3 Å². The van der Waals surface area contributed by atoms with Gasteiger partial charge in [-0.15, -0.1) is 6.42 Å². The molecule has 0 aromatic heterocycles. The van der Waals surface area contributed by atoms with Gasteiger partial charge < -0.3 is 10.4 Å². The van der Waals surface area contributed by atoms with Crippen molar-refractivity contribution in [1.82, 2.24) is 5.32 Å². The minimum atomic E-state index is -0.319. The molecule has 0 aromatic rings. The Morgan fingerprint density at radius 2 is 2.38 bits per heavy atom. The number of nitrogens with one attached hydrogen (secondary N) is 1. The van der Waals surface area contributed by atoms with Crippen LogP contribution in [0.15, 0.2) is 0 Å². The van der Waals surface area contributed by atoms with Gasteiger partial charge in [0.15, 0.2) is 0 Å². The molecule has 2 N–H and O–H groups in total. The molecule has 0 spiro atoms. The summed E-state index contributed by atoms with van der Waals surface area (Å²) in [5, 5.41) is 12.0. The maximum atomic E-state index is 8.98. The Kier molecular flexibility index (Phi) is 1.52. The van der Waals surface area contributed by atoms with Crippen LogP contribution >= 0.6 is 0 Å². The predicted molar refractivity (Wildman–Crippen MR) is 31.2 cm³/mol. The van der Waals surface area contributed by atoms with Crippen molar-refractivity contribution in [3.63, 3.8) is 0 Å². The SMILES string of the molecule is C#CC1CNC[C@@H]1O. The molecule has 0 bridgehead atoms. The van der Waals surface area contributed by atoms with E-state index in [-0.39, 0.29) is 12.0 Å². The van der Waals surface area contributed by atoms with E-state index in [4.69, 9.17) is 11.5 Å². The van der Waals surface area contributed by atoms with Gasteiger partial charge in [-0.25, -0.2) is 0 Å². The summed E-state index contributed by atoms with van der Waals surface area (Å²) in [7, 11) is 0. The van der Waals surface area contributed by atoms with E-state index >= 15 is 0 Å². The molecule has 0 saturated carbocycles. The first-order valence-corrected chi connectivity index (χ1v) is 2.69. The smallest absolute Gasteiger partial charge is 0.0814 e. The summed E-state index contributed by atoms with van der Waals surface area (Å²) in [6, 6.07) is 0. The van der Waals surface area contributed by atoms with Crippen LogP contribution in [0.4, 0.5) is 0 Å². The van der Waals surface area contributed by atoms with Crippen LogP contribution in [0.5, 0.6) is 0 Å². The van der Waals surface area contributed by atoms with Gasteiger partial charge in [-0.05, 0) is 0 Å². The van der Waals surface area contributed by atoms with Crippen molar-refractivity contribution in [3.8, 4) is 12.3 Å². The summed E-state index contributed by atoms with van der Waals surface area (Å²) in [6.07, 6.45) is 4.75. The zero-order chi connectivity index (χ0) is 5.98. The van der Waals surface area contributed by atoms with Crippen molar-refractivity contribution in [2.75, 3.05) is 13.1 Å².